The quantitative estimate of drug-likeness (QED) is 0.564. The highest BCUT2D eigenvalue weighted by Gasteiger charge is 2.41. The molecule has 0 aromatic heterocycles. The van der Waals surface area contributed by atoms with Crippen LogP contribution in [-0.4, -0.2) is 54.5 Å². The molecule has 0 bridgehead atoms. The minimum Gasteiger partial charge on any atom is -0.382 e. The number of aryl methyl sites for hydroxylation is 1. The molecular weight excluding hydrogens is 316 g/mol. The fraction of sp³-hybridized carbons (Fsp3) is 0.500. The Bertz CT molecular complexity index is 673. The third kappa shape index (κ3) is 3.61. The monoisotopic (exact) mass is 342 g/mol. The molecule has 1 aromatic rings. The Labute approximate surface area is 149 Å². The Morgan fingerprint density at radius 1 is 1.04 bits per heavy atom. The molecule has 2 aliphatic heterocycles. The van der Waals surface area contributed by atoms with Crippen LogP contribution < -0.4 is 0 Å². The molecule has 0 N–H and O–H groups in total. The van der Waals surface area contributed by atoms with E-state index < -0.39 is 0 Å². The molecule has 3 rings (SSSR count). The number of hydrogen-bond acceptors (Lipinski definition) is 4. The van der Waals surface area contributed by atoms with Gasteiger partial charge >= 0.3 is 0 Å². The van der Waals surface area contributed by atoms with Gasteiger partial charge in [-0.15, -0.1) is 0 Å². The van der Waals surface area contributed by atoms with Crippen LogP contribution in [0.15, 0.2) is 30.0 Å². The number of imide groups is 1. The first-order valence-corrected chi connectivity index (χ1v) is 9.13. The van der Waals surface area contributed by atoms with E-state index in [0.29, 0.717) is 37.4 Å². The number of benzene rings is 1. The summed E-state index contributed by atoms with van der Waals surface area (Å²) < 4.78 is 5.34. The first kappa shape index (κ1) is 17.7. The van der Waals surface area contributed by atoms with E-state index >= 15 is 0 Å². The van der Waals surface area contributed by atoms with E-state index in [1.807, 2.05) is 38.1 Å². The summed E-state index contributed by atoms with van der Waals surface area (Å²) in [5.74, 6) is -0.328. The number of amides is 2. The maximum absolute atomic E-state index is 13.0. The number of hydrogen-bond donors (Lipinski definition) is 0. The second-order valence-electron chi connectivity index (χ2n) is 6.60. The number of ether oxygens (including phenoxy) is 1. The number of carbonyl (C=O) groups is 2. The summed E-state index contributed by atoms with van der Waals surface area (Å²) >= 11 is 0. The van der Waals surface area contributed by atoms with E-state index in [0.717, 1.165) is 37.1 Å². The molecule has 25 heavy (non-hydrogen) atoms. The molecule has 0 aliphatic carbocycles. The van der Waals surface area contributed by atoms with Crippen molar-refractivity contribution in [1.82, 2.24) is 9.80 Å². The average Bonchev–Trinajstić information content (AvgIpc) is 3.21. The van der Waals surface area contributed by atoms with Crippen molar-refractivity contribution in [3.63, 3.8) is 0 Å². The van der Waals surface area contributed by atoms with Crippen LogP contribution in [0.4, 0.5) is 0 Å². The second-order valence-corrected chi connectivity index (χ2v) is 6.60. The minimum atomic E-state index is -0.174. The van der Waals surface area contributed by atoms with Crippen molar-refractivity contribution in [2.75, 3.05) is 32.8 Å². The predicted molar refractivity (Wildman–Crippen MR) is 96.7 cm³/mol. The van der Waals surface area contributed by atoms with Crippen LogP contribution in [0, 0.1) is 6.92 Å². The highest BCUT2D eigenvalue weighted by atomic mass is 16.5. The molecule has 2 amide bonds. The van der Waals surface area contributed by atoms with Gasteiger partial charge in [-0.1, -0.05) is 29.8 Å². The summed E-state index contributed by atoms with van der Waals surface area (Å²) in [5, 5.41) is 0. The minimum absolute atomic E-state index is 0.154. The van der Waals surface area contributed by atoms with Gasteiger partial charge in [-0.3, -0.25) is 14.5 Å². The molecule has 0 atom stereocenters. The fourth-order valence-electron chi connectivity index (χ4n) is 3.45. The van der Waals surface area contributed by atoms with Crippen molar-refractivity contribution in [3.05, 3.63) is 41.1 Å². The SMILES string of the molecule is CCOCCCN1C(=O)C(c2ccc(C)cc2)=C(N2CCCC2)C1=O. The molecule has 2 heterocycles. The van der Waals surface area contributed by atoms with Crippen molar-refractivity contribution >= 4 is 17.4 Å². The lowest BCUT2D eigenvalue weighted by Gasteiger charge is -2.20. The van der Waals surface area contributed by atoms with Gasteiger partial charge in [0.2, 0.25) is 0 Å². The zero-order valence-electron chi connectivity index (χ0n) is 15.1. The van der Waals surface area contributed by atoms with Crippen LogP contribution in [0.2, 0.25) is 0 Å². The fourth-order valence-corrected chi connectivity index (χ4v) is 3.45. The molecule has 5 nitrogen and oxygen atoms in total. The van der Waals surface area contributed by atoms with Crippen LogP contribution in [0.5, 0.6) is 0 Å². The Morgan fingerprint density at radius 3 is 2.36 bits per heavy atom. The van der Waals surface area contributed by atoms with Crippen molar-refractivity contribution in [2.24, 2.45) is 0 Å². The highest BCUT2D eigenvalue weighted by Crippen LogP contribution is 2.33. The van der Waals surface area contributed by atoms with Crippen molar-refractivity contribution in [2.45, 2.75) is 33.1 Å². The second kappa shape index (κ2) is 7.83. The molecule has 0 unspecified atom stereocenters. The molecule has 1 aromatic carbocycles. The van der Waals surface area contributed by atoms with Gasteiger partial charge < -0.3 is 9.64 Å². The molecule has 0 saturated carbocycles. The number of rotatable bonds is 7. The molecule has 134 valence electrons. The van der Waals surface area contributed by atoms with Crippen LogP contribution in [0.1, 0.15) is 37.3 Å². The Morgan fingerprint density at radius 2 is 1.72 bits per heavy atom. The molecule has 1 saturated heterocycles. The third-order valence-corrected chi connectivity index (χ3v) is 4.78. The first-order valence-electron chi connectivity index (χ1n) is 9.13. The first-order chi connectivity index (χ1) is 12.1. The number of nitrogens with zero attached hydrogens (tertiary/aromatic N) is 2. The van der Waals surface area contributed by atoms with Gasteiger partial charge in [0.05, 0.1) is 5.57 Å². The molecule has 0 spiro atoms. The van der Waals surface area contributed by atoms with Crippen LogP contribution in [0.25, 0.3) is 5.57 Å². The van der Waals surface area contributed by atoms with E-state index in [9.17, 15) is 9.59 Å². The Hall–Kier alpha value is -2.14. The summed E-state index contributed by atoms with van der Waals surface area (Å²) in [6.07, 6.45) is 2.80. The molecule has 5 heteroatoms. The lowest BCUT2D eigenvalue weighted by atomic mass is 10.0. The number of carbonyl (C=O) groups excluding carboxylic acids is 2. The Balaban J connectivity index is 1.89. The van der Waals surface area contributed by atoms with E-state index in [1.54, 1.807) is 0 Å². The summed E-state index contributed by atoms with van der Waals surface area (Å²) in [4.78, 5) is 29.5. The van der Waals surface area contributed by atoms with E-state index in [4.69, 9.17) is 4.74 Å². The highest BCUT2D eigenvalue weighted by molar-refractivity contribution is 6.35. The van der Waals surface area contributed by atoms with Gasteiger partial charge in [-0.05, 0) is 38.7 Å². The normalized spacial score (nSPS) is 18.0. The van der Waals surface area contributed by atoms with Crippen LogP contribution in [-0.2, 0) is 14.3 Å². The van der Waals surface area contributed by atoms with E-state index in [-0.39, 0.29) is 11.8 Å². The van der Waals surface area contributed by atoms with Gasteiger partial charge in [-0.25, -0.2) is 0 Å². The largest absolute Gasteiger partial charge is 0.382 e. The average molecular weight is 342 g/mol. The van der Waals surface area contributed by atoms with E-state index in [1.165, 1.54) is 4.90 Å². The van der Waals surface area contributed by atoms with Crippen molar-refractivity contribution < 1.29 is 14.3 Å². The van der Waals surface area contributed by atoms with Crippen molar-refractivity contribution in [3.8, 4) is 0 Å². The van der Waals surface area contributed by atoms with Gasteiger partial charge in [0.25, 0.3) is 11.8 Å². The van der Waals surface area contributed by atoms with Crippen LogP contribution >= 0.6 is 0 Å². The molecule has 2 aliphatic rings. The third-order valence-electron chi connectivity index (χ3n) is 4.78. The van der Waals surface area contributed by atoms with E-state index in [2.05, 4.69) is 4.90 Å². The molecule has 1 fully saturated rings. The van der Waals surface area contributed by atoms with Gasteiger partial charge in [0, 0.05) is 32.8 Å². The van der Waals surface area contributed by atoms with Crippen LogP contribution in [0.3, 0.4) is 0 Å². The van der Waals surface area contributed by atoms with Gasteiger partial charge in [0.1, 0.15) is 5.70 Å². The Kier molecular flexibility index (Phi) is 5.53. The van der Waals surface area contributed by atoms with Crippen molar-refractivity contribution in [1.29, 1.82) is 0 Å². The standard InChI is InChI=1S/C20H26N2O3/c1-3-25-14-6-13-22-19(23)17(16-9-7-15(2)8-10-16)18(20(22)24)21-11-4-5-12-21/h7-10H,3-6,11-14H2,1-2H3. The molecular formula is C20H26N2O3. The van der Waals surface area contributed by atoms with Gasteiger partial charge in [-0.2, -0.15) is 0 Å². The zero-order valence-corrected chi connectivity index (χ0v) is 15.1. The topological polar surface area (TPSA) is 49.9 Å². The molecule has 0 radical (unpaired) electrons. The maximum Gasteiger partial charge on any atom is 0.277 e. The lowest BCUT2D eigenvalue weighted by Crippen LogP contribution is -2.35. The maximum atomic E-state index is 13.0. The summed E-state index contributed by atoms with van der Waals surface area (Å²) in [5.41, 5.74) is 3.11. The summed E-state index contributed by atoms with van der Waals surface area (Å²) in [6.45, 7) is 7.26. The predicted octanol–water partition coefficient (Wildman–Crippen LogP) is 2.60. The smallest absolute Gasteiger partial charge is 0.277 e. The lowest BCUT2D eigenvalue weighted by molar-refractivity contribution is -0.137. The van der Waals surface area contributed by atoms with Gasteiger partial charge in [0.15, 0.2) is 0 Å². The zero-order chi connectivity index (χ0) is 17.8. The summed E-state index contributed by atoms with van der Waals surface area (Å²) in [6, 6.07) is 7.85. The number of likely N-dealkylation sites (tertiary alicyclic amines) is 1. The summed E-state index contributed by atoms with van der Waals surface area (Å²) in [7, 11) is 0.